The molecular formula is C23H25NO4. The van der Waals surface area contributed by atoms with Crippen LogP contribution >= 0.6 is 0 Å². The molecule has 1 fully saturated rings. The first-order valence-corrected chi connectivity index (χ1v) is 9.60. The third-order valence-corrected chi connectivity index (χ3v) is 5.39. The molecule has 0 radical (unpaired) electrons. The lowest BCUT2D eigenvalue weighted by Crippen LogP contribution is -2.25. The second kappa shape index (κ2) is 8.17. The Kier molecular flexibility index (Phi) is 5.46. The molecule has 1 saturated heterocycles. The lowest BCUT2D eigenvalue weighted by atomic mass is 9.98. The Hall–Kier alpha value is -2.63. The number of hydrogen-bond donors (Lipinski definition) is 0. The average molecular weight is 379 g/mol. The van der Waals surface area contributed by atoms with Crippen LogP contribution in [0.2, 0.25) is 0 Å². The van der Waals surface area contributed by atoms with E-state index in [1.165, 1.54) is 0 Å². The molecule has 0 spiro atoms. The maximum atomic E-state index is 11.7. The number of methoxy groups -OCH3 is 1. The van der Waals surface area contributed by atoms with Crippen molar-refractivity contribution in [3.8, 4) is 5.75 Å². The number of pyridine rings is 1. The van der Waals surface area contributed by atoms with E-state index in [9.17, 15) is 4.79 Å². The van der Waals surface area contributed by atoms with Crippen molar-refractivity contribution in [3.63, 3.8) is 0 Å². The van der Waals surface area contributed by atoms with Crippen LogP contribution in [-0.2, 0) is 23.1 Å². The van der Waals surface area contributed by atoms with Gasteiger partial charge >= 0.3 is 0 Å². The fourth-order valence-electron chi connectivity index (χ4n) is 3.72. The van der Waals surface area contributed by atoms with Crippen molar-refractivity contribution in [2.24, 2.45) is 7.05 Å². The number of aryl methyl sites for hydroxylation is 1. The molecule has 0 amide bonds. The number of ether oxygens (including phenoxy) is 3. The summed E-state index contributed by atoms with van der Waals surface area (Å²) in [5.41, 5.74) is 3.14. The summed E-state index contributed by atoms with van der Waals surface area (Å²) in [6.45, 7) is 1.20. The first-order valence-electron chi connectivity index (χ1n) is 9.60. The normalized spacial score (nSPS) is 19.6. The molecule has 28 heavy (non-hydrogen) atoms. The van der Waals surface area contributed by atoms with Gasteiger partial charge < -0.3 is 18.8 Å². The van der Waals surface area contributed by atoms with Gasteiger partial charge in [0.05, 0.1) is 17.7 Å². The molecule has 2 heterocycles. The van der Waals surface area contributed by atoms with Crippen molar-refractivity contribution in [2.75, 3.05) is 13.7 Å². The van der Waals surface area contributed by atoms with Crippen LogP contribution in [0.5, 0.6) is 5.75 Å². The van der Waals surface area contributed by atoms with Crippen molar-refractivity contribution in [1.82, 2.24) is 4.57 Å². The van der Waals surface area contributed by atoms with Crippen LogP contribution in [-0.4, -0.2) is 24.4 Å². The SMILES string of the molecule is COC1CCOC(c2cccc(COc3ccc4c(ccc(=O)n4C)c3)c2)C1. The van der Waals surface area contributed by atoms with E-state index in [0.29, 0.717) is 6.61 Å². The topological polar surface area (TPSA) is 49.7 Å². The third-order valence-electron chi connectivity index (χ3n) is 5.39. The zero-order chi connectivity index (χ0) is 19.5. The van der Waals surface area contributed by atoms with Crippen molar-refractivity contribution in [1.29, 1.82) is 0 Å². The minimum absolute atomic E-state index is 0.0152. The Bertz CT molecular complexity index is 1030. The predicted molar refractivity (Wildman–Crippen MR) is 109 cm³/mol. The fourth-order valence-corrected chi connectivity index (χ4v) is 3.72. The Morgan fingerprint density at radius 2 is 2.04 bits per heavy atom. The van der Waals surface area contributed by atoms with Crippen LogP contribution in [0, 0.1) is 0 Å². The van der Waals surface area contributed by atoms with E-state index in [0.717, 1.165) is 47.2 Å². The summed E-state index contributed by atoms with van der Waals surface area (Å²) in [5.74, 6) is 0.782. The molecule has 4 rings (SSSR count). The van der Waals surface area contributed by atoms with Crippen LogP contribution in [0.25, 0.3) is 10.9 Å². The summed E-state index contributed by atoms with van der Waals surface area (Å²) in [6.07, 6.45) is 2.15. The molecule has 0 aliphatic carbocycles. The first kappa shape index (κ1) is 18.7. The second-order valence-corrected chi connectivity index (χ2v) is 7.23. The van der Waals surface area contributed by atoms with Crippen molar-refractivity contribution >= 4 is 10.9 Å². The van der Waals surface area contributed by atoms with Gasteiger partial charge in [-0.1, -0.05) is 18.2 Å². The lowest BCUT2D eigenvalue weighted by molar-refractivity contribution is -0.0599. The molecule has 0 bridgehead atoms. The molecule has 1 aliphatic rings. The van der Waals surface area contributed by atoms with Gasteiger partial charge in [0, 0.05) is 38.6 Å². The van der Waals surface area contributed by atoms with Crippen LogP contribution in [0.3, 0.4) is 0 Å². The van der Waals surface area contributed by atoms with E-state index >= 15 is 0 Å². The maximum absolute atomic E-state index is 11.7. The molecule has 0 saturated carbocycles. The van der Waals surface area contributed by atoms with E-state index in [2.05, 4.69) is 18.2 Å². The number of nitrogens with zero attached hydrogens (tertiary/aromatic N) is 1. The predicted octanol–water partition coefficient (Wildman–Crippen LogP) is 3.98. The van der Waals surface area contributed by atoms with Gasteiger partial charge in [-0.3, -0.25) is 4.79 Å². The van der Waals surface area contributed by atoms with Crippen LogP contribution < -0.4 is 10.3 Å². The lowest BCUT2D eigenvalue weighted by Gasteiger charge is -2.29. The molecule has 5 heteroatoms. The third kappa shape index (κ3) is 3.96. The first-order chi connectivity index (χ1) is 13.6. The highest BCUT2D eigenvalue weighted by molar-refractivity contribution is 5.80. The number of fused-ring (bicyclic) bond motifs is 1. The summed E-state index contributed by atoms with van der Waals surface area (Å²) in [5, 5.41) is 0.981. The summed E-state index contributed by atoms with van der Waals surface area (Å²) < 4.78 is 19.1. The van der Waals surface area contributed by atoms with Gasteiger partial charge in [-0.15, -0.1) is 0 Å². The monoisotopic (exact) mass is 379 g/mol. The summed E-state index contributed by atoms with van der Waals surface area (Å²) in [7, 11) is 3.54. The molecule has 0 N–H and O–H groups in total. The van der Waals surface area contributed by atoms with Crippen LogP contribution in [0.15, 0.2) is 59.4 Å². The fraction of sp³-hybridized carbons (Fsp3) is 0.348. The van der Waals surface area contributed by atoms with Gasteiger partial charge in [0.25, 0.3) is 5.56 Å². The molecule has 5 nitrogen and oxygen atoms in total. The zero-order valence-corrected chi connectivity index (χ0v) is 16.3. The Balaban J connectivity index is 1.47. The largest absolute Gasteiger partial charge is 0.489 e. The average Bonchev–Trinajstić information content (AvgIpc) is 2.75. The summed E-state index contributed by atoms with van der Waals surface area (Å²) >= 11 is 0. The standard InChI is InChI=1S/C23H25NO4/c1-24-21-8-7-20(13-17(21)6-9-23(24)25)28-15-16-4-3-5-18(12-16)22-14-19(26-2)10-11-27-22/h3-9,12-13,19,22H,10-11,14-15H2,1-2H3. The highest BCUT2D eigenvalue weighted by Gasteiger charge is 2.23. The number of hydrogen-bond acceptors (Lipinski definition) is 4. The quantitative estimate of drug-likeness (QED) is 0.673. The van der Waals surface area contributed by atoms with E-state index in [1.54, 1.807) is 24.8 Å². The van der Waals surface area contributed by atoms with Crippen molar-refractivity contribution < 1.29 is 14.2 Å². The maximum Gasteiger partial charge on any atom is 0.250 e. The molecule has 2 aromatic carbocycles. The Morgan fingerprint density at radius 3 is 2.89 bits per heavy atom. The Morgan fingerprint density at radius 1 is 1.14 bits per heavy atom. The van der Waals surface area contributed by atoms with Crippen LogP contribution in [0.1, 0.15) is 30.1 Å². The minimum Gasteiger partial charge on any atom is -0.489 e. The van der Waals surface area contributed by atoms with Crippen molar-refractivity contribution in [2.45, 2.75) is 31.7 Å². The number of benzene rings is 2. The molecule has 1 aliphatic heterocycles. The van der Waals surface area contributed by atoms with E-state index < -0.39 is 0 Å². The number of aromatic nitrogens is 1. The highest BCUT2D eigenvalue weighted by Crippen LogP contribution is 2.30. The summed E-state index contributed by atoms with van der Waals surface area (Å²) in [6, 6.07) is 17.5. The zero-order valence-electron chi connectivity index (χ0n) is 16.3. The van der Waals surface area contributed by atoms with E-state index in [1.807, 2.05) is 30.3 Å². The highest BCUT2D eigenvalue weighted by atomic mass is 16.5. The Labute approximate surface area is 164 Å². The second-order valence-electron chi connectivity index (χ2n) is 7.23. The molecule has 2 atom stereocenters. The smallest absolute Gasteiger partial charge is 0.250 e. The van der Waals surface area contributed by atoms with Crippen molar-refractivity contribution in [3.05, 3.63) is 76.1 Å². The van der Waals surface area contributed by atoms with Gasteiger partial charge in [0.2, 0.25) is 0 Å². The van der Waals surface area contributed by atoms with Gasteiger partial charge in [0.15, 0.2) is 0 Å². The van der Waals surface area contributed by atoms with E-state index in [-0.39, 0.29) is 17.8 Å². The van der Waals surface area contributed by atoms with Gasteiger partial charge in [0.1, 0.15) is 12.4 Å². The summed E-state index contributed by atoms with van der Waals surface area (Å²) in [4.78, 5) is 11.7. The van der Waals surface area contributed by atoms with Crippen LogP contribution in [0.4, 0.5) is 0 Å². The van der Waals surface area contributed by atoms with E-state index in [4.69, 9.17) is 14.2 Å². The molecule has 146 valence electrons. The molecule has 3 aromatic rings. The molecular weight excluding hydrogens is 354 g/mol. The van der Waals surface area contributed by atoms with Gasteiger partial charge in [-0.2, -0.15) is 0 Å². The van der Waals surface area contributed by atoms with Gasteiger partial charge in [-0.05, 0) is 47.9 Å². The molecule has 2 unspecified atom stereocenters. The minimum atomic E-state index is -0.0152. The van der Waals surface area contributed by atoms with Gasteiger partial charge in [-0.25, -0.2) is 0 Å². The number of rotatable bonds is 5. The molecule has 1 aromatic heterocycles.